The van der Waals surface area contributed by atoms with Crippen LogP contribution in [-0.4, -0.2) is 34.7 Å². The Morgan fingerprint density at radius 1 is 1.44 bits per heavy atom. The molecule has 0 radical (unpaired) electrons. The monoisotopic (exact) mass is 361 g/mol. The molecule has 1 amide bonds. The summed E-state index contributed by atoms with van der Waals surface area (Å²) in [5, 5.41) is 9.83. The second-order valence-electron chi connectivity index (χ2n) is 7.51. The number of nitrogens with zero attached hydrogens (tertiary/aromatic N) is 3. The first-order valence-corrected chi connectivity index (χ1v) is 9.30. The number of aryl methyl sites for hydroxylation is 1. The number of piperidine rings is 1. The first-order valence-electron chi connectivity index (χ1n) is 8.86. The SMILES string of the molecule is CCCc1cc(C2CCN(C(=O)OC(C)(C)C)CC2)nc(S)c1C#N. The zero-order valence-electron chi connectivity index (χ0n) is 15.5. The van der Waals surface area contributed by atoms with E-state index in [9.17, 15) is 10.1 Å². The van der Waals surface area contributed by atoms with Crippen molar-refractivity contribution in [2.75, 3.05) is 13.1 Å². The molecule has 1 aliphatic heterocycles. The molecule has 1 aromatic rings. The fourth-order valence-electron chi connectivity index (χ4n) is 3.09. The topological polar surface area (TPSA) is 66.2 Å². The van der Waals surface area contributed by atoms with Crippen molar-refractivity contribution in [1.82, 2.24) is 9.88 Å². The van der Waals surface area contributed by atoms with Gasteiger partial charge in [0, 0.05) is 24.7 Å². The Labute approximate surface area is 155 Å². The number of nitriles is 1. The van der Waals surface area contributed by atoms with E-state index in [1.807, 2.05) is 20.8 Å². The summed E-state index contributed by atoms with van der Waals surface area (Å²) in [5.74, 6) is 0.285. The van der Waals surface area contributed by atoms with Crippen LogP contribution in [0.4, 0.5) is 4.79 Å². The Morgan fingerprint density at radius 3 is 2.60 bits per heavy atom. The number of likely N-dealkylation sites (tertiary alicyclic amines) is 1. The van der Waals surface area contributed by atoms with E-state index in [2.05, 4.69) is 36.7 Å². The number of carbonyl (C=O) groups excluding carboxylic acids is 1. The average Bonchev–Trinajstić information content (AvgIpc) is 2.53. The van der Waals surface area contributed by atoms with Crippen molar-refractivity contribution in [3.8, 4) is 6.07 Å². The summed E-state index contributed by atoms with van der Waals surface area (Å²) in [5.41, 5.74) is 2.12. The van der Waals surface area contributed by atoms with E-state index in [1.54, 1.807) is 4.90 Å². The van der Waals surface area contributed by atoms with Crippen LogP contribution in [0.5, 0.6) is 0 Å². The molecule has 0 saturated carbocycles. The molecule has 0 bridgehead atoms. The molecule has 0 atom stereocenters. The Morgan fingerprint density at radius 2 is 2.08 bits per heavy atom. The van der Waals surface area contributed by atoms with Crippen molar-refractivity contribution in [2.24, 2.45) is 0 Å². The number of ether oxygens (including phenoxy) is 1. The van der Waals surface area contributed by atoms with Gasteiger partial charge in [-0.25, -0.2) is 9.78 Å². The van der Waals surface area contributed by atoms with Crippen LogP contribution in [0.3, 0.4) is 0 Å². The van der Waals surface area contributed by atoms with E-state index in [4.69, 9.17) is 4.74 Å². The number of amides is 1. The summed E-state index contributed by atoms with van der Waals surface area (Å²) < 4.78 is 5.44. The summed E-state index contributed by atoms with van der Waals surface area (Å²) in [6.45, 7) is 9.04. The third-order valence-corrected chi connectivity index (χ3v) is 4.62. The van der Waals surface area contributed by atoms with Gasteiger partial charge in [-0.15, -0.1) is 12.6 Å². The molecule has 136 valence electrons. The van der Waals surface area contributed by atoms with Crippen LogP contribution in [0, 0.1) is 11.3 Å². The average molecular weight is 362 g/mol. The van der Waals surface area contributed by atoms with Gasteiger partial charge >= 0.3 is 6.09 Å². The maximum atomic E-state index is 12.2. The van der Waals surface area contributed by atoms with Crippen molar-refractivity contribution >= 4 is 18.7 Å². The van der Waals surface area contributed by atoms with Gasteiger partial charge in [-0.3, -0.25) is 0 Å². The van der Waals surface area contributed by atoms with Crippen LogP contribution in [0.15, 0.2) is 11.1 Å². The summed E-state index contributed by atoms with van der Waals surface area (Å²) in [6, 6.07) is 4.27. The van der Waals surface area contributed by atoms with Crippen LogP contribution in [0.25, 0.3) is 0 Å². The number of pyridine rings is 1. The predicted octanol–water partition coefficient (Wildman–Crippen LogP) is 4.31. The molecular formula is C19H27N3O2S. The lowest BCUT2D eigenvalue weighted by Crippen LogP contribution is -2.41. The second kappa shape index (κ2) is 8.09. The molecule has 0 aliphatic carbocycles. The summed E-state index contributed by atoms with van der Waals surface area (Å²) in [4.78, 5) is 18.5. The lowest BCUT2D eigenvalue weighted by molar-refractivity contribution is 0.0204. The van der Waals surface area contributed by atoms with Gasteiger partial charge in [-0.2, -0.15) is 5.26 Å². The molecule has 0 aromatic carbocycles. The smallest absolute Gasteiger partial charge is 0.410 e. The molecule has 2 heterocycles. The lowest BCUT2D eigenvalue weighted by atomic mass is 9.91. The zero-order chi connectivity index (χ0) is 18.6. The van der Waals surface area contributed by atoms with E-state index in [-0.39, 0.29) is 12.0 Å². The number of rotatable bonds is 3. The summed E-state index contributed by atoms with van der Waals surface area (Å²) in [7, 11) is 0. The van der Waals surface area contributed by atoms with Crippen LogP contribution >= 0.6 is 12.6 Å². The van der Waals surface area contributed by atoms with Crippen LogP contribution in [0.2, 0.25) is 0 Å². The number of aromatic nitrogens is 1. The van der Waals surface area contributed by atoms with Gasteiger partial charge in [0.2, 0.25) is 0 Å². The molecule has 0 spiro atoms. The number of thiol groups is 1. The Balaban J connectivity index is 2.08. The molecule has 0 N–H and O–H groups in total. The van der Waals surface area contributed by atoms with Crippen LogP contribution in [-0.2, 0) is 11.2 Å². The minimum Gasteiger partial charge on any atom is -0.444 e. The van der Waals surface area contributed by atoms with Crippen molar-refractivity contribution in [3.63, 3.8) is 0 Å². The predicted molar refractivity (Wildman–Crippen MR) is 100.0 cm³/mol. The van der Waals surface area contributed by atoms with Gasteiger partial charge in [-0.1, -0.05) is 13.3 Å². The second-order valence-corrected chi connectivity index (χ2v) is 7.93. The quantitative estimate of drug-likeness (QED) is 0.815. The van der Waals surface area contributed by atoms with Crippen molar-refractivity contribution in [3.05, 3.63) is 22.9 Å². The minimum atomic E-state index is -0.474. The van der Waals surface area contributed by atoms with Crippen molar-refractivity contribution in [2.45, 2.75) is 69.9 Å². The lowest BCUT2D eigenvalue weighted by Gasteiger charge is -2.33. The summed E-state index contributed by atoms with van der Waals surface area (Å²) in [6.07, 6.45) is 3.26. The van der Waals surface area contributed by atoms with Gasteiger partial charge in [-0.05, 0) is 51.7 Å². The Kier molecular flexibility index (Phi) is 6.34. The number of carbonyl (C=O) groups is 1. The van der Waals surface area contributed by atoms with Crippen molar-refractivity contribution in [1.29, 1.82) is 5.26 Å². The van der Waals surface area contributed by atoms with E-state index >= 15 is 0 Å². The van der Waals surface area contributed by atoms with Crippen molar-refractivity contribution < 1.29 is 9.53 Å². The molecule has 0 unspecified atom stereocenters. The Hall–Kier alpha value is -1.74. The molecule has 1 aromatic heterocycles. The fraction of sp³-hybridized carbons (Fsp3) is 0.632. The molecule has 2 rings (SSSR count). The third-order valence-electron chi connectivity index (χ3n) is 4.30. The maximum absolute atomic E-state index is 12.2. The standard InChI is InChI=1S/C19H27N3O2S/c1-5-6-14-11-16(21-17(25)15(14)12-20)13-7-9-22(10-8-13)18(23)24-19(2,3)4/h11,13H,5-10H2,1-4H3,(H,21,25). The zero-order valence-corrected chi connectivity index (χ0v) is 16.4. The van der Waals surface area contributed by atoms with E-state index in [1.165, 1.54) is 0 Å². The highest BCUT2D eigenvalue weighted by Gasteiger charge is 2.28. The first-order chi connectivity index (χ1) is 11.7. The molecule has 5 nitrogen and oxygen atoms in total. The number of hydrogen-bond donors (Lipinski definition) is 1. The highest BCUT2D eigenvalue weighted by Crippen LogP contribution is 2.30. The maximum Gasteiger partial charge on any atom is 0.410 e. The van der Waals surface area contributed by atoms with Crippen LogP contribution in [0.1, 0.15) is 69.7 Å². The van der Waals surface area contributed by atoms with Gasteiger partial charge in [0.25, 0.3) is 0 Å². The number of hydrogen-bond acceptors (Lipinski definition) is 5. The van der Waals surface area contributed by atoms with Gasteiger partial charge in [0.15, 0.2) is 0 Å². The van der Waals surface area contributed by atoms with Gasteiger partial charge in [0.1, 0.15) is 16.7 Å². The molecule has 25 heavy (non-hydrogen) atoms. The molecule has 1 fully saturated rings. The van der Waals surface area contributed by atoms with Gasteiger partial charge < -0.3 is 9.64 Å². The normalized spacial score (nSPS) is 15.8. The largest absolute Gasteiger partial charge is 0.444 e. The van der Waals surface area contributed by atoms with E-state index in [0.29, 0.717) is 23.7 Å². The van der Waals surface area contributed by atoms with E-state index in [0.717, 1.165) is 36.9 Å². The molecule has 1 aliphatic rings. The fourth-order valence-corrected chi connectivity index (χ4v) is 3.40. The van der Waals surface area contributed by atoms with Crippen LogP contribution < -0.4 is 0 Å². The highest BCUT2D eigenvalue weighted by atomic mass is 32.1. The molecular weight excluding hydrogens is 334 g/mol. The minimum absolute atomic E-state index is 0.250. The van der Waals surface area contributed by atoms with E-state index < -0.39 is 5.60 Å². The Bertz CT molecular complexity index is 668. The highest BCUT2D eigenvalue weighted by molar-refractivity contribution is 7.80. The first kappa shape index (κ1) is 19.6. The molecule has 1 saturated heterocycles. The summed E-state index contributed by atoms with van der Waals surface area (Å²) >= 11 is 4.41. The third kappa shape index (κ3) is 5.12. The molecule has 6 heteroatoms. The van der Waals surface area contributed by atoms with Gasteiger partial charge in [0.05, 0.1) is 5.56 Å².